The number of esters is 1. The van der Waals surface area contributed by atoms with Crippen LogP contribution in [0.5, 0.6) is 0 Å². The molecule has 2 aromatic heterocycles. The Morgan fingerprint density at radius 3 is 2.37 bits per heavy atom. The zero-order valence-corrected chi connectivity index (χ0v) is 21.4. The molecule has 1 aliphatic carbocycles. The van der Waals surface area contributed by atoms with Crippen LogP contribution in [0.4, 0.5) is 0 Å². The monoisotopic (exact) mass is 503 g/mol. The summed E-state index contributed by atoms with van der Waals surface area (Å²) >= 11 is 0. The molecule has 0 amide bonds. The fourth-order valence-electron chi connectivity index (χ4n) is 5.44. The van der Waals surface area contributed by atoms with Gasteiger partial charge in [0.25, 0.3) is 0 Å². The number of fused-ring (bicyclic) bond motifs is 3. The molecule has 190 valence electrons. The second-order valence-corrected chi connectivity index (χ2v) is 9.71. The number of carbonyl (C=O) groups is 2. The van der Waals surface area contributed by atoms with Crippen LogP contribution in [0.15, 0.2) is 90.5 Å². The van der Waals surface area contributed by atoms with E-state index in [1.54, 1.807) is 6.07 Å². The maximum Gasteiger partial charge on any atom is 0.337 e. The van der Waals surface area contributed by atoms with E-state index in [-0.39, 0.29) is 5.78 Å². The Hall–Kier alpha value is -4.45. The fourth-order valence-corrected chi connectivity index (χ4v) is 5.44. The number of imidazole rings is 2. The van der Waals surface area contributed by atoms with Gasteiger partial charge < -0.3 is 9.30 Å². The Morgan fingerprint density at radius 2 is 1.66 bits per heavy atom. The van der Waals surface area contributed by atoms with E-state index < -0.39 is 5.97 Å². The van der Waals surface area contributed by atoms with Crippen molar-refractivity contribution in [2.75, 3.05) is 7.11 Å². The van der Waals surface area contributed by atoms with E-state index in [0.717, 1.165) is 42.4 Å². The van der Waals surface area contributed by atoms with Gasteiger partial charge in [0.1, 0.15) is 11.4 Å². The largest absolute Gasteiger partial charge is 0.465 e. The molecule has 6 nitrogen and oxygen atoms in total. The SMILES string of the molecule is COC(=O)c1ccc2c(c1)n1c(C(=O)c3ccccc3)c(-c3ccccc3)nc1n2CCC1=CCCCC1. The van der Waals surface area contributed by atoms with Crippen molar-refractivity contribution in [3.05, 3.63) is 107 Å². The van der Waals surface area contributed by atoms with Gasteiger partial charge in [-0.2, -0.15) is 0 Å². The Bertz CT molecular complexity index is 1680. The van der Waals surface area contributed by atoms with Crippen molar-refractivity contribution in [2.45, 2.75) is 38.6 Å². The van der Waals surface area contributed by atoms with Gasteiger partial charge in [-0.25, -0.2) is 9.78 Å². The van der Waals surface area contributed by atoms with Crippen LogP contribution in [0.3, 0.4) is 0 Å². The number of carbonyl (C=O) groups excluding carboxylic acids is 2. The van der Waals surface area contributed by atoms with Gasteiger partial charge >= 0.3 is 5.97 Å². The highest BCUT2D eigenvalue weighted by atomic mass is 16.5. The third-order valence-corrected chi connectivity index (χ3v) is 7.37. The maximum atomic E-state index is 14.1. The third kappa shape index (κ3) is 4.22. The molecule has 0 unspecified atom stereocenters. The van der Waals surface area contributed by atoms with E-state index in [9.17, 15) is 9.59 Å². The fraction of sp³-hybridized carbons (Fsp3) is 0.219. The van der Waals surface area contributed by atoms with Crippen LogP contribution in [0.25, 0.3) is 28.1 Å². The van der Waals surface area contributed by atoms with Crippen molar-refractivity contribution in [3.8, 4) is 11.3 Å². The number of allylic oxidation sites excluding steroid dienone is 2. The minimum atomic E-state index is -0.417. The van der Waals surface area contributed by atoms with Crippen LogP contribution in [-0.2, 0) is 11.3 Å². The molecule has 6 heteroatoms. The smallest absolute Gasteiger partial charge is 0.337 e. The highest BCUT2D eigenvalue weighted by Gasteiger charge is 2.27. The summed E-state index contributed by atoms with van der Waals surface area (Å²) in [6, 6.07) is 24.6. The minimum absolute atomic E-state index is 0.116. The lowest BCUT2D eigenvalue weighted by Crippen LogP contribution is -2.07. The molecule has 38 heavy (non-hydrogen) atoms. The van der Waals surface area contributed by atoms with E-state index in [0.29, 0.717) is 28.3 Å². The van der Waals surface area contributed by atoms with E-state index in [1.165, 1.54) is 25.5 Å². The molecule has 0 fully saturated rings. The highest BCUT2D eigenvalue weighted by molar-refractivity contribution is 6.13. The summed E-state index contributed by atoms with van der Waals surface area (Å²) in [6.45, 7) is 0.737. The van der Waals surface area contributed by atoms with Crippen molar-refractivity contribution < 1.29 is 14.3 Å². The average Bonchev–Trinajstić information content (AvgIpc) is 3.51. The topological polar surface area (TPSA) is 65.6 Å². The summed E-state index contributed by atoms with van der Waals surface area (Å²) in [5.74, 6) is 0.158. The van der Waals surface area contributed by atoms with Gasteiger partial charge in [0.15, 0.2) is 0 Å². The lowest BCUT2D eigenvalue weighted by Gasteiger charge is -2.13. The van der Waals surface area contributed by atoms with Crippen molar-refractivity contribution in [1.82, 2.24) is 14.0 Å². The first-order valence-corrected chi connectivity index (χ1v) is 13.1. The van der Waals surface area contributed by atoms with Crippen LogP contribution in [0, 0.1) is 0 Å². The number of methoxy groups -OCH3 is 1. The van der Waals surface area contributed by atoms with E-state index in [1.807, 2.05) is 77.2 Å². The summed E-state index contributed by atoms with van der Waals surface area (Å²) < 4.78 is 9.11. The van der Waals surface area contributed by atoms with E-state index in [4.69, 9.17) is 9.72 Å². The van der Waals surface area contributed by atoms with Crippen LogP contribution < -0.4 is 0 Å². The van der Waals surface area contributed by atoms with Gasteiger partial charge in [0.2, 0.25) is 11.6 Å². The molecule has 2 heterocycles. The Labute approximate surface area is 221 Å². The number of aryl methyl sites for hydroxylation is 1. The number of nitrogens with zero attached hydrogens (tertiary/aromatic N) is 3. The van der Waals surface area contributed by atoms with Crippen LogP contribution >= 0.6 is 0 Å². The van der Waals surface area contributed by atoms with Crippen molar-refractivity contribution in [2.24, 2.45) is 0 Å². The molecule has 5 aromatic rings. The number of rotatable bonds is 7. The molecular formula is C32H29N3O3. The molecule has 6 rings (SSSR count). The van der Waals surface area contributed by atoms with Gasteiger partial charge in [-0.05, 0) is 50.3 Å². The van der Waals surface area contributed by atoms with Gasteiger partial charge in [-0.3, -0.25) is 9.20 Å². The summed E-state index contributed by atoms with van der Waals surface area (Å²) in [4.78, 5) is 31.6. The number of ether oxygens (including phenoxy) is 1. The summed E-state index contributed by atoms with van der Waals surface area (Å²) in [6.07, 6.45) is 8.04. The number of hydrogen-bond donors (Lipinski definition) is 0. The first kappa shape index (κ1) is 23.9. The molecule has 0 saturated carbocycles. The predicted octanol–water partition coefficient (Wildman–Crippen LogP) is 6.86. The van der Waals surface area contributed by atoms with Gasteiger partial charge in [0.05, 0.1) is 23.7 Å². The zero-order valence-electron chi connectivity index (χ0n) is 21.4. The third-order valence-electron chi connectivity index (χ3n) is 7.37. The van der Waals surface area contributed by atoms with Gasteiger partial charge in [0, 0.05) is 17.7 Å². The van der Waals surface area contributed by atoms with Crippen LogP contribution in [0.1, 0.15) is 58.5 Å². The molecule has 0 N–H and O–H groups in total. The number of ketones is 1. The highest BCUT2D eigenvalue weighted by Crippen LogP contribution is 2.33. The predicted molar refractivity (Wildman–Crippen MR) is 149 cm³/mol. The summed E-state index contributed by atoms with van der Waals surface area (Å²) in [5.41, 5.74) is 6.16. The number of benzene rings is 3. The Kier molecular flexibility index (Phi) is 6.38. The van der Waals surface area contributed by atoms with E-state index >= 15 is 0 Å². The molecule has 0 atom stereocenters. The summed E-state index contributed by atoms with van der Waals surface area (Å²) in [5, 5.41) is 0. The summed E-state index contributed by atoms with van der Waals surface area (Å²) in [7, 11) is 1.38. The molecule has 0 spiro atoms. The Balaban J connectivity index is 1.63. The first-order chi connectivity index (χ1) is 18.7. The molecule has 0 bridgehead atoms. The standard InChI is InChI=1S/C32H29N3O3/c1-38-31(37)25-17-18-26-27(21-25)35-29(30(36)24-15-9-4-10-16-24)28(23-13-7-3-8-14-23)33-32(35)34(26)20-19-22-11-5-2-6-12-22/h3-4,7-11,13-18,21H,2,5-6,12,19-20H2,1H3. The molecule has 3 aromatic carbocycles. The van der Waals surface area contributed by atoms with Crippen LogP contribution in [0.2, 0.25) is 0 Å². The quantitative estimate of drug-likeness (QED) is 0.138. The molecule has 0 saturated heterocycles. The Morgan fingerprint density at radius 1 is 0.895 bits per heavy atom. The van der Waals surface area contributed by atoms with Gasteiger partial charge in [-0.1, -0.05) is 72.3 Å². The first-order valence-electron chi connectivity index (χ1n) is 13.1. The maximum absolute atomic E-state index is 14.1. The van der Waals surface area contributed by atoms with Gasteiger partial charge in [-0.15, -0.1) is 0 Å². The molecular weight excluding hydrogens is 474 g/mol. The molecule has 1 aliphatic rings. The van der Waals surface area contributed by atoms with Crippen LogP contribution in [-0.4, -0.2) is 32.8 Å². The molecule has 0 aliphatic heterocycles. The van der Waals surface area contributed by atoms with E-state index in [2.05, 4.69) is 10.6 Å². The molecule has 0 radical (unpaired) electrons. The average molecular weight is 504 g/mol. The number of aromatic nitrogens is 3. The lowest BCUT2D eigenvalue weighted by molar-refractivity contribution is 0.0600. The van der Waals surface area contributed by atoms with Crippen molar-refractivity contribution >= 4 is 28.6 Å². The second kappa shape index (κ2) is 10.1. The zero-order chi connectivity index (χ0) is 26.1. The van der Waals surface area contributed by atoms with Crippen molar-refractivity contribution in [3.63, 3.8) is 0 Å². The second-order valence-electron chi connectivity index (χ2n) is 9.71. The number of hydrogen-bond acceptors (Lipinski definition) is 4. The normalized spacial score (nSPS) is 13.6. The lowest BCUT2D eigenvalue weighted by atomic mass is 9.97. The minimum Gasteiger partial charge on any atom is -0.465 e. The van der Waals surface area contributed by atoms with Crippen molar-refractivity contribution in [1.29, 1.82) is 0 Å².